The molecule has 0 spiro atoms. The number of amides is 4. The van der Waals surface area contributed by atoms with Gasteiger partial charge in [0.15, 0.2) is 0 Å². The van der Waals surface area contributed by atoms with Crippen LogP contribution in [0.4, 0.5) is 22.7 Å². The second kappa shape index (κ2) is 73.6. The van der Waals surface area contributed by atoms with Crippen molar-refractivity contribution in [3.05, 3.63) is 217 Å². The zero-order valence-electron chi connectivity index (χ0n) is 91.1. The van der Waals surface area contributed by atoms with Gasteiger partial charge in [-0.15, -0.1) is 0 Å². The van der Waals surface area contributed by atoms with Crippen LogP contribution in [0.15, 0.2) is 195 Å². The molecule has 0 unspecified atom stereocenters. The third-order valence-corrected chi connectivity index (χ3v) is 27.7. The number of nitrogens with one attached hydrogen (secondary N) is 8. The maximum absolute atomic E-state index is 13.0. The van der Waals surface area contributed by atoms with Gasteiger partial charge in [-0.2, -0.15) is 0 Å². The number of para-hydroxylation sites is 4. The molecule has 0 bridgehead atoms. The van der Waals surface area contributed by atoms with Gasteiger partial charge in [0.05, 0.1) is 172 Å². The summed E-state index contributed by atoms with van der Waals surface area (Å²) in [5, 5.41) is 15.8. The average molecular weight is 2060 g/mol. The number of anilines is 4. The Kier molecular flexibility index (Phi) is 65.7. The van der Waals surface area contributed by atoms with Crippen LogP contribution in [0.1, 0.15) is 358 Å². The van der Waals surface area contributed by atoms with Crippen molar-refractivity contribution in [1.82, 2.24) is 39.9 Å². The van der Waals surface area contributed by atoms with Gasteiger partial charge in [-0.05, 0) is 200 Å². The summed E-state index contributed by atoms with van der Waals surface area (Å²) < 4.78 is 5.68. The van der Waals surface area contributed by atoms with Crippen molar-refractivity contribution >= 4 is 90.0 Å². The van der Waals surface area contributed by atoms with Crippen LogP contribution in [0.5, 0.6) is 0 Å². The first-order chi connectivity index (χ1) is 68.3. The van der Waals surface area contributed by atoms with Crippen LogP contribution in [0.2, 0.25) is 0 Å². The summed E-state index contributed by atoms with van der Waals surface area (Å²) in [6, 6.07) is 43.8. The Morgan fingerprint density at radius 1 is 0.215 bits per heavy atom. The number of pyridine rings is 4. The maximum atomic E-state index is 13.0. The minimum atomic E-state index is -0.270. The van der Waals surface area contributed by atoms with Crippen LogP contribution in [0.25, 0.3) is 66.4 Å². The largest absolute Gasteiger partial charge is 1.00 e. The fourth-order valence-corrected chi connectivity index (χ4v) is 19.0. The number of quaternary nitrogens is 4. The van der Waals surface area contributed by atoms with Gasteiger partial charge in [0.25, 0.3) is 23.6 Å². The van der Waals surface area contributed by atoms with E-state index < -0.39 is 0 Å². The van der Waals surface area contributed by atoms with Crippen LogP contribution in [-0.4, -0.2) is 186 Å². The van der Waals surface area contributed by atoms with E-state index in [0.717, 1.165) is 43.6 Å². The second-order valence-corrected chi connectivity index (χ2v) is 39.1. The lowest BCUT2D eigenvalue weighted by Gasteiger charge is -2.39. The van der Waals surface area contributed by atoms with E-state index in [9.17, 15) is 19.2 Å². The third kappa shape index (κ3) is 43.1. The molecule has 0 fully saturated rings. The molecule has 0 saturated carbocycles. The summed E-state index contributed by atoms with van der Waals surface area (Å²) in [7, 11) is 0. The van der Waals surface area contributed by atoms with Crippen molar-refractivity contribution in [1.29, 1.82) is 0 Å². The fourth-order valence-electron chi connectivity index (χ4n) is 19.0. The van der Waals surface area contributed by atoms with Crippen molar-refractivity contribution in [2.24, 2.45) is 0 Å². The number of carbonyl (C=O) groups excluding carboxylic acids is 4. The molecule has 144 heavy (non-hydrogen) atoms. The first-order valence-corrected chi connectivity index (χ1v) is 55.0. The first kappa shape index (κ1) is 129. The number of hydrogen-bond donors (Lipinski definition) is 8. The number of halogens is 4. The van der Waals surface area contributed by atoms with Gasteiger partial charge in [-0.25, -0.2) is 0 Å². The van der Waals surface area contributed by atoms with Gasteiger partial charge in [-0.3, -0.25) is 39.1 Å². The number of aromatic nitrogens is 8. The zero-order chi connectivity index (χ0) is 101. The lowest BCUT2D eigenvalue weighted by atomic mass is 10.1. The maximum Gasteiger partial charge on any atom is 0.255 e. The van der Waals surface area contributed by atoms with Crippen LogP contribution in [-0.2, 0) is 0 Å². The van der Waals surface area contributed by atoms with E-state index >= 15 is 0 Å². The minimum absolute atomic E-state index is 0. The van der Waals surface area contributed by atoms with Gasteiger partial charge in [0, 0.05) is 93.4 Å². The predicted molar refractivity (Wildman–Crippen MR) is 597 cm³/mol. The van der Waals surface area contributed by atoms with E-state index in [2.05, 4.69) is 172 Å². The summed E-state index contributed by atoms with van der Waals surface area (Å²) in [6.07, 6.45) is 57.8. The zero-order valence-corrected chi connectivity index (χ0v) is 94.2. The summed E-state index contributed by atoms with van der Waals surface area (Å²) in [5.41, 5.74) is 9.85. The normalized spacial score (nSPS) is 11.2. The third-order valence-electron chi connectivity index (χ3n) is 27.7. The number of aromatic amines is 4. The molecule has 0 aliphatic heterocycles. The molecule has 4 amide bonds. The molecule has 12 aromatic rings. The topological polar surface area (TPSA) is 231 Å². The highest BCUT2D eigenvalue weighted by atomic mass is 35.5. The molecular weight excluding hydrogens is 1870 g/mol. The second-order valence-electron chi connectivity index (χ2n) is 39.1. The average Bonchev–Trinajstić information content (AvgIpc) is 1.51. The molecule has 8 aromatic heterocycles. The molecule has 0 aliphatic carbocycles. The number of carbonyl (C=O) groups is 4. The Bertz CT molecular complexity index is 4640. The summed E-state index contributed by atoms with van der Waals surface area (Å²) in [6.45, 7) is 60.1. The highest BCUT2D eigenvalue weighted by Gasteiger charge is 2.30. The first-order valence-electron chi connectivity index (χ1n) is 55.0. The predicted octanol–water partition coefficient (Wildman–Crippen LogP) is 19.3. The van der Waals surface area contributed by atoms with E-state index in [1.807, 2.05) is 122 Å². The van der Waals surface area contributed by atoms with Crippen LogP contribution in [0.3, 0.4) is 0 Å². The lowest BCUT2D eigenvalue weighted by molar-refractivity contribution is -0.929. The molecule has 0 saturated heterocycles. The van der Waals surface area contributed by atoms with Gasteiger partial charge in [0.1, 0.15) is 0 Å². The Balaban J connectivity index is 0.000000461. The smallest absolute Gasteiger partial charge is 0.255 e. The van der Waals surface area contributed by atoms with Crippen LogP contribution >= 0.6 is 0 Å². The molecule has 0 aliphatic rings. The van der Waals surface area contributed by atoms with E-state index in [1.54, 1.807) is 73.3 Å². The van der Waals surface area contributed by atoms with Crippen molar-refractivity contribution in [2.75, 3.05) is 126 Å². The quantitative estimate of drug-likeness (QED) is 0.0171. The highest BCUT2D eigenvalue weighted by Crippen LogP contribution is 2.31. The number of benzene rings is 4. The number of hydrogen-bond acceptors (Lipinski definition) is 8. The molecule has 4 aromatic carbocycles. The van der Waals surface area contributed by atoms with Crippen LogP contribution < -0.4 is 70.9 Å². The Hall–Kier alpha value is -9.48. The molecule has 24 heteroatoms. The molecule has 8 N–H and O–H groups in total. The van der Waals surface area contributed by atoms with Gasteiger partial charge >= 0.3 is 0 Å². The van der Waals surface area contributed by atoms with E-state index in [4.69, 9.17) is 0 Å². The van der Waals surface area contributed by atoms with Gasteiger partial charge in [0.2, 0.25) is 0 Å². The van der Waals surface area contributed by atoms with Crippen molar-refractivity contribution in [3.8, 4) is 22.8 Å². The number of H-pyrrole nitrogens is 4. The molecule has 8 heterocycles. The van der Waals surface area contributed by atoms with Crippen molar-refractivity contribution < 1.29 is 86.7 Å². The Morgan fingerprint density at radius 2 is 0.361 bits per heavy atom. The SMILES string of the molecule is CCCC[N+](CCCC)(CCCC)CCCC.CCCC[N+](CCCC)(CCCC)CCCC.CCCC[N+](CCCC)(CCCC)CCCC.CCCC[N+](CCCC)(CCCC)CCCC.O=C(Nc1cccc2cc[nH]c12)c1ccnc(-c2cc(C(=O)Nc3cccc4cc[nH]c34)ccn2)c1.O=C(Nc1cccc2cc[nH]c12)c1ccnc(-c2cc(C(=O)Nc3cccc4cc[nH]c34)ccn2)c1.[Cl-].[Cl-].[Cl-].[Cl-]. The Morgan fingerprint density at radius 3 is 0.500 bits per heavy atom. The number of nitrogens with zero attached hydrogens (tertiary/aromatic N) is 8. The van der Waals surface area contributed by atoms with Crippen molar-refractivity contribution in [3.63, 3.8) is 0 Å². The monoisotopic (exact) mass is 2050 g/mol. The van der Waals surface area contributed by atoms with Gasteiger partial charge < -0.3 is 109 Å². The lowest BCUT2D eigenvalue weighted by Crippen LogP contribution is -3.00. The molecule has 20 nitrogen and oxygen atoms in total. The standard InChI is InChI=1S/2C28H20N6O2.4C16H36N.4ClH/c2*35-27(33-21-5-1-3-17-7-13-31-25(17)21)19-9-11-29-23(15-19)24-16-20(10-12-30-24)28(36)34-22-6-2-4-18-8-14-32-26(18)22;4*1-5-9-13-17(14-10-6-2,15-11-7-3)16-12-8-4;;;;/h2*1-16,31-32H,(H,33,35)(H,34,36);4*5-16H2,1-4H3;4*1H/q;;4*+1;;;;/p-4. The van der Waals surface area contributed by atoms with E-state index in [-0.39, 0.29) is 73.3 Å². The van der Waals surface area contributed by atoms with Crippen molar-refractivity contribution in [2.45, 2.75) is 316 Å². The van der Waals surface area contributed by atoms with Gasteiger partial charge in [-0.1, -0.05) is 262 Å². The number of rotatable bonds is 58. The minimum Gasteiger partial charge on any atom is -1.00 e. The van der Waals surface area contributed by atoms with E-state index in [1.165, 1.54) is 328 Å². The summed E-state index contributed by atoms with van der Waals surface area (Å²) in [4.78, 5) is 82.0. The molecule has 796 valence electrons. The molecule has 0 atom stereocenters. The number of fused-ring (bicyclic) bond motifs is 4. The van der Waals surface area contributed by atoms with E-state index in [0.29, 0.717) is 67.8 Å². The highest BCUT2D eigenvalue weighted by molar-refractivity contribution is 6.12. The molecule has 12 rings (SSSR count). The molecule has 0 radical (unpaired) electrons. The Labute approximate surface area is 892 Å². The molecular formula is C120H184Cl4N16O4. The fraction of sp³-hybridized carbons (Fsp3) is 0.533. The number of unbranched alkanes of at least 4 members (excludes halogenated alkanes) is 16. The summed E-state index contributed by atoms with van der Waals surface area (Å²) in [5.74, 6) is -1.08. The van der Waals surface area contributed by atoms with Crippen LogP contribution in [0, 0.1) is 0 Å². The summed E-state index contributed by atoms with van der Waals surface area (Å²) >= 11 is 0.